The lowest BCUT2D eigenvalue weighted by atomic mass is 10.1. The Morgan fingerprint density at radius 1 is 0.889 bits per heavy atom. The van der Waals surface area contributed by atoms with Crippen LogP contribution >= 0.6 is 23.2 Å². The third kappa shape index (κ3) is 1.29. The van der Waals surface area contributed by atoms with Gasteiger partial charge in [-0.15, -0.1) is 0 Å². The summed E-state index contributed by atoms with van der Waals surface area (Å²) in [5.74, 6) is 0. The standard InChI is InChI=1S/C13H5Cl2NO2/c14-6-1-2-8-7(5-6)11-9(17-8)3-4-10-12(11)16-13(15)18-10/h1-5H. The van der Waals surface area contributed by atoms with Gasteiger partial charge in [0.05, 0.1) is 5.39 Å². The molecule has 0 aliphatic carbocycles. The SMILES string of the molecule is Clc1ccc2oc3ccc4oc(Cl)nc4c3c2c1. The van der Waals surface area contributed by atoms with Gasteiger partial charge in [0.15, 0.2) is 5.58 Å². The minimum absolute atomic E-state index is 0.119. The van der Waals surface area contributed by atoms with Crippen LogP contribution in [0.15, 0.2) is 39.2 Å². The fraction of sp³-hybridized carbons (Fsp3) is 0. The van der Waals surface area contributed by atoms with Gasteiger partial charge in [0, 0.05) is 10.4 Å². The first-order valence-corrected chi connectivity index (χ1v) is 6.05. The van der Waals surface area contributed by atoms with E-state index in [1.807, 2.05) is 18.2 Å². The van der Waals surface area contributed by atoms with Crippen molar-refractivity contribution in [2.75, 3.05) is 0 Å². The first kappa shape index (κ1) is 10.2. The molecule has 0 aliphatic heterocycles. The summed E-state index contributed by atoms with van der Waals surface area (Å²) in [6.45, 7) is 0. The molecule has 0 unspecified atom stereocenters. The Kier molecular flexibility index (Phi) is 1.93. The number of nitrogens with zero attached hydrogens (tertiary/aromatic N) is 1. The zero-order chi connectivity index (χ0) is 12.3. The number of oxazole rings is 1. The first-order valence-electron chi connectivity index (χ1n) is 5.29. The largest absolute Gasteiger partial charge is 0.456 e. The second-order valence-electron chi connectivity index (χ2n) is 3.99. The fourth-order valence-corrected chi connectivity index (χ4v) is 2.54. The first-order chi connectivity index (χ1) is 8.72. The monoisotopic (exact) mass is 277 g/mol. The van der Waals surface area contributed by atoms with E-state index in [-0.39, 0.29) is 5.35 Å². The van der Waals surface area contributed by atoms with Gasteiger partial charge in [0.25, 0.3) is 5.35 Å². The molecule has 4 rings (SSSR count). The van der Waals surface area contributed by atoms with Crippen LogP contribution in [0.2, 0.25) is 10.4 Å². The molecule has 18 heavy (non-hydrogen) atoms. The maximum Gasteiger partial charge on any atom is 0.293 e. The van der Waals surface area contributed by atoms with Crippen molar-refractivity contribution in [3.8, 4) is 0 Å². The van der Waals surface area contributed by atoms with E-state index in [4.69, 9.17) is 32.0 Å². The van der Waals surface area contributed by atoms with E-state index in [1.165, 1.54) is 0 Å². The lowest BCUT2D eigenvalue weighted by Gasteiger charge is -1.91. The smallest absolute Gasteiger partial charge is 0.293 e. The fourth-order valence-electron chi connectivity index (χ4n) is 2.20. The summed E-state index contributed by atoms with van der Waals surface area (Å²) in [6, 6.07) is 9.11. The number of fused-ring (bicyclic) bond motifs is 5. The topological polar surface area (TPSA) is 39.2 Å². The second kappa shape index (κ2) is 3.40. The van der Waals surface area contributed by atoms with Gasteiger partial charge < -0.3 is 8.83 Å². The number of halogens is 2. The van der Waals surface area contributed by atoms with E-state index in [0.29, 0.717) is 16.1 Å². The van der Waals surface area contributed by atoms with Crippen molar-refractivity contribution in [1.29, 1.82) is 0 Å². The number of aromatic nitrogens is 1. The molecule has 5 heteroatoms. The maximum atomic E-state index is 6.02. The Balaban J connectivity index is 2.34. The lowest BCUT2D eigenvalue weighted by Crippen LogP contribution is -1.71. The van der Waals surface area contributed by atoms with Crippen molar-refractivity contribution in [3.63, 3.8) is 0 Å². The zero-order valence-corrected chi connectivity index (χ0v) is 10.4. The van der Waals surface area contributed by atoms with E-state index < -0.39 is 0 Å². The van der Waals surface area contributed by atoms with Crippen LogP contribution < -0.4 is 0 Å². The van der Waals surface area contributed by atoms with Gasteiger partial charge in [0.2, 0.25) is 0 Å². The molecule has 0 saturated carbocycles. The van der Waals surface area contributed by atoms with Crippen LogP contribution in [0.1, 0.15) is 0 Å². The second-order valence-corrected chi connectivity index (χ2v) is 4.75. The summed E-state index contributed by atoms with van der Waals surface area (Å²) >= 11 is 11.8. The van der Waals surface area contributed by atoms with Gasteiger partial charge in [-0.2, -0.15) is 4.98 Å². The maximum absolute atomic E-state index is 6.02. The molecule has 3 nitrogen and oxygen atoms in total. The predicted octanol–water partition coefficient (Wildman–Crippen LogP) is 5.03. The molecular weight excluding hydrogens is 273 g/mol. The molecule has 0 amide bonds. The summed E-state index contributed by atoms with van der Waals surface area (Å²) in [6.07, 6.45) is 0. The van der Waals surface area contributed by atoms with Crippen molar-refractivity contribution < 1.29 is 8.83 Å². The van der Waals surface area contributed by atoms with Gasteiger partial charge in [-0.1, -0.05) is 11.6 Å². The van der Waals surface area contributed by atoms with Crippen molar-refractivity contribution in [2.45, 2.75) is 0 Å². The van der Waals surface area contributed by atoms with Crippen LogP contribution in [0.5, 0.6) is 0 Å². The van der Waals surface area contributed by atoms with E-state index in [1.54, 1.807) is 12.1 Å². The van der Waals surface area contributed by atoms with Crippen LogP contribution in [0, 0.1) is 0 Å². The zero-order valence-electron chi connectivity index (χ0n) is 8.91. The van der Waals surface area contributed by atoms with E-state index >= 15 is 0 Å². The van der Waals surface area contributed by atoms with Gasteiger partial charge in [-0.25, -0.2) is 0 Å². The molecule has 2 aromatic carbocycles. The van der Waals surface area contributed by atoms with Crippen LogP contribution in [-0.4, -0.2) is 4.98 Å². The molecule has 0 aliphatic rings. The van der Waals surface area contributed by atoms with E-state index in [9.17, 15) is 0 Å². The van der Waals surface area contributed by atoms with Crippen molar-refractivity contribution in [3.05, 3.63) is 40.7 Å². The quantitative estimate of drug-likeness (QED) is 0.452. The number of benzene rings is 2. The molecular formula is C13H5Cl2NO2. The molecule has 0 radical (unpaired) electrons. The minimum Gasteiger partial charge on any atom is -0.456 e. The number of hydrogen-bond donors (Lipinski definition) is 0. The molecule has 4 aromatic rings. The van der Waals surface area contributed by atoms with Gasteiger partial charge in [0.1, 0.15) is 16.7 Å². The average molecular weight is 278 g/mol. The summed E-state index contributed by atoms with van der Waals surface area (Å²) in [5, 5.41) is 2.55. The van der Waals surface area contributed by atoms with Crippen molar-refractivity contribution in [1.82, 2.24) is 4.98 Å². The van der Waals surface area contributed by atoms with Crippen molar-refractivity contribution in [2.24, 2.45) is 0 Å². The Labute approximate surface area is 111 Å². The van der Waals surface area contributed by atoms with E-state index in [0.717, 1.165) is 21.9 Å². The van der Waals surface area contributed by atoms with Crippen LogP contribution in [-0.2, 0) is 0 Å². The highest BCUT2D eigenvalue weighted by Gasteiger charge is 2.14. The molecule has 0 atom stereocenters. The highest BCUT2D eigenvalue weighted by Crippen LogP contribution is 2.36. The normalized spacial score (nSPS) is 11.9. The number of furan rings is 1. The summed E-state index contributed by atoms with van der Waals surface area (Å²) in [4.78, 5) is 4.19. The predicted molar refractivity (Wildman–Crippen MR) is 71.3 cm³/mol. The molecule has 88 valence electrons. The Bertz CT molecular complexity index is 907. The van der Waals surface area contributed by atoms with Crippen LogP contribution in [0.25, 0.3) is 33.0 Å². The number of rotatable bonds is 0. The molecule has 2 heterocycles. The Hall–Kier alpha value is -1.71. The Morgan fingerprint density at radius 2 is 1.67 bits per heavy atom. The summed E-state index contributed by atoms with van der Waals surface area (Å²) in [5.41, 5.74) is 2.83. The molecule has 0 spiro atoms. The average Bonchev–Trinajstić information content (AvgIpc) is 2.87. The van der Waals surface area contributed by atoms with Gasteiger partial charge in [-0.05, 0) is 41.9 Å². The van der Waals surface area contributed by atoms with Crippen molar-refractivity contribution >= 4 is 56.2 Å². The minimum atomic E-state index is 0.119. The lowest BCUT2D eigenvalue weighted by molar-refractivity contribution is 0.604. The Morgan fingerprint density at radius 3 is 2.56 bits per heavy atom. The molecule has 2 aromatic heterocycles. The van der Waals surface area contributed by atoms with E-state index in [2.05, 4.69) is 4.98 Å². The number of hydrogen-bond acceptors (Lipinski definition) is 3. The third-order valence-corrected chi connectivity index (χ3v) is 3.32. The van der Waals surface area contributed by atoms with Gasteiger partial charge >= 0.3 is 0 Å². The summed E-state index contributed by atoms with van der Waals surface area (Å²) < 4.78 is 11.0. The van der Waals surface area contributed by atoms with Crippen LogP contribution in [0.4, 0.5) is 0 Å². The molecule has 0 fully saturated rings. The highest BCUT2D eigenvalue weighted by molar-refractivity contribution is 6.32. The molecule has 0 saturated heterocycles. The third-order valence-electron chi connectivity index (χ3n) is 2.93. The highest BCUT2D eigenvalue weighted by atomic mass is 35.5. The molecule has 0 bridgehead atoms. The van der Waals surface area contributed by atoms with Crippen LogP contribution in [0.3, 0.4) is 0 Å². The van der Waals surface area contributed by atoms with Gasteiger partial charge in [-0.3, -0.25) is 0 Å². The molecule has 0 N–H and O–H groups in total. The summed E-state index contributed by atoms with van der Waals surface area (Å²) in [7, 11) is 0.